The minimum absolute atomic E-state index is 0.504. The summed E-state index contributed by atoms with van der Waals surface area (Å²) in [6, 6.07) is 56.5. The summed E-state index contributed by atoms with van der Waals surface area (Å²) in [5.74, 6) is 0. The zero-order chi connectivity index (χ0) is 32.2. The first-order valence-electron chi connectivity index (χ1n) is 15.9. The zero-order valence-corrected chi connectivity index (χ0v) is 25.8. The topological polar surface area (TPSA) is 38.0 Å². The van der Waals surface area contributed by atoms with Crippen LogP contribution in [0, 0.1) is 17.9 Å². The molecule has 0 atom stereocenters. The highest BCUT2D eigenvalue weighted by atomic mass is 15.0. The molecular weight excluding hydrogens is 585 g/mol. The van der Waals surface area contributed by atoms with Crippen LogP contribution in [0.5, 0.6) is 0 Å². The second-order valence-corrected chi connectivity index (χ2v) is 11.9. The number of hydrogen-bond donors (Lipinski definition) is 0. The maximum Gasteiger partial charge on any atom is 0.195 e. The summed E-state index contributed by atoms with van der Waals surface area (Å²) >= 11 is 0. The molecule has 0 radical (unpaired) electrons. The van der Waals surface area contributed by atoms with E-state index >= 15 is 0 Å². The average molecular weight is 611 g/mol. The van der Waals surface area contributed by atoms with Crippen molar-refractivity contribution in [3.63, 3.8) is 0 Å². The fraction of sp³-hybridized carbons (Fsp3) is 0. The molecule has 9 aromatic rings. The lowest BCUT2D eigenvalue weighted by Crippen LogP contribution is -1.98. The Kier molecular flexibility index (Phi) is 6.22. The number of nitrogens with zero attached hydrogens (tertiary/aromatic N) is 4. The van der Waals surface area contributed by atoms with E-state index in [1.807, 2.05) is 24.3 Å². The van der Waals surface area contributed by atoms with Crippen molar-refractivity contribution >= 4 is 49.3 Å². The van der Waals surface area contributed by atoms with E-state index in [4.69, 9.17) is 6.57 Å². The van der Waals surface area contributed by atoms with Gasteiger partial charge >= 0.3 is 0 Å². The summed E-state index contributed by atoms with van der Waals surface area (Å²) in [6.45, 7) is 8.10. The van der Waals surface area contributed by atoms with Crippen molar-refractivity contribution in [1.82, 2.24) is 9.13 Å². The Bertz CT molecular complexity index is 2710. The molecule has 0 bridgehead atoms. The van der Waals surface area contributed by atoms with E-state index in [1.165, 1.54) is 21.5 Å². The fourth-order valence-corrected chi connectivity index (χ4v) is 7.30. The van der Waals surface area contributed by atoms with Crippen LogP contribution in [0.15, 0.2) is 158 Å². The molecule has 0 amide bonds. The van der Waals surface area contributed by atoms with E-state index < -0.39 is 0 Å². The molecule has 0 unspecified atom stereocenters. The minimum Gasteiger partial charge on any atom is -0.309 e. The fourth-order valence-electron chi connectivity index (χ4n) is 7.30. The van der Waals surface area contributed by atoms with E-state index in [0.717, 1.165) is 55.7 Å². The SMILES string of the molecule is [C-]#[N+]c1ccc(-n2c3ccccc3c3ccccc32)cc1-c1cc(-c2ccccc2-n2c3ccccc3c3ccccc32)ccc1C#N. The predicted octanol–water partition coefficient (Wildman–Crippen LogP) is 11.6. The number of fused-ring (bicyclic) bond motifs is 6. The van der Waals surface area contributed by atoms with E-state index in [9.17, 15) is 5.26 Å². The molecule has 0 N–H and O–H groups in total. The van der Waals surface area contributed by atoms with Crippen molar-refractivity contribution < 1.29 is 0 Å². The smallest absolute Gasteiger partial charge is 0.195 e. The maximum absolute atomic E-state index is 10.3. The first-order valence-corrected chi connectivity index (χ1v) is 15.9. The lowest BCUT2D eigenvalue weighted by atomic mass is 9.93. The molecule has 0 fully saturated rings. The molecule has 4 nitrogen and oxygen atoms in total. The Morgan fingerprint density at radius 2 is 1.00 bits per heavy atom. The maximum atomic E-state index is 10.3. The second-order valence-electron chi connectivity index (χ2n) is 11.9. The summed E-state index contributed by atoms with van der Waals surface area (Å²) in [5, 5.41) is 15.1. The molecular formula is C44H26N4. The molecule has 0 spiro atoms. The van der Waals surface area contributed by atoms with Gasteiger partial charge in [0.1, 0.15) is 0 Å². The third-order valence-electron chi connectivity index (χ3n) is 9.41. The molecule has 2 heterocycles. The molecule has 0 saturated carbocycles. The van der Waals surface area contributed by atoms with Crippen LogP contribution < -0.4 is 0 Å². The molecule has 4 heteroatoms. The summed E-state index contributed by atoms with van der Waals surface area (Å²) in [5.41, 5.74) is 11.0. The highest BCUT2D eigenvalue weighted by Gasteiger charge is 2.19. The summed E-state index contributed by atoms with van der Waals surface area (Å²) in [7, 11) is 0. The molecule has 2 aromatic heterocycles. The van der Waals surface area contributed by atoms with Crippen LogP contribution in [-0.2, 0) is 0 Å². The molecule has 222 valence electrons. The predicted molar refractivity (Wildman–Crippen MR) is 197 cm³/mol. The van der Waals surface area contributed by atoms with Crippen molar-refractivity contribution in [2.75, 3.05) is 0 Å². The van der Waals surface area contributed by atoms with Gasteiger partial charge in [-0.2, -0.15) is 5.26 Å². The first kappa shape index (κ1) is 27.4. The second kappa shape index (κ2) is 10.9. The summed E-state index contributed by atoms with van der Waals surface area (Å²) in [6.07, 6.45) is 0. The minimum atomic E-state index is 0.504. The van der Waals surface area contributed by atoms with E-state index in [-0.39, 0.29) is 0 Å². The number of nitriles is 1. The number of rotatable bonds is 4. The van der Waals surface area contributed by atoms with Gasteiger partial charge in [-0.1, -0.05) is 103 Å². The van der Waals surface area contributed by atoms with Gasteiger partial charge in [-0.3, -0.25) is 0 Å². The van der Waals surface area contributed by atoms with Gasteiger partial charge in [0.05, 0.1) is 46.0 Å². The number of aromatic nitrogens is 2. The lowest BCUT2D eigenvalue weighted by Gasteiger charge is -2.16. The number of benzene rings is 7. The Labute approximate surface area is 277 Å². The quantitative estimate of drug-likeness (QED) is 0.183. The Morgan fingerprint density at radius 1 is 0.479 bits per heavy atom. The van der Waals surface area contributed by atoms with Gasteiger partial charge in [0, 0.05) is 32.8 Å². The molecule has 0 aliphatic rings. The molecule has 0 aliphatic carbocycles. The van der Waals surface area contributed by atoms with Crippen LogP contribution in [0.25, 0.3) is 82.1 Å². The van der Waals surface area contributed by atoms with Gasteiger partial charge in [-0.25, -0.2) is 4.85 Å². The van der Waals surface area contributed by atoms with Gasteiger partial charge in [0.2, 0.25) is 0 Å². The highest BCUT2D eigenvalue weighted by molar-refractivity contribution is 6.10. The average Bonchev–Trinajstić information content (AvgIpc) is 3.67. The van der Waals surface area contributed by atoms with Gasteiger partial charge in [0.15, 0.2) is 5.69 Å². The standard InChI is InChI=1S/C44H26N4/c1-46-39-25-24-31(47-41-18-8-3-13-33(41)34-14-4-9-19-42(34)47)27-38(39)37-26-29(22-23-30(37)28-45)32-12-2-7-17-40(32)48-43-20-10-5-15-35(43)36-16-6-11-21-44(36)48/h2-27H. The third kappa shape index (κ3) is 4.07. The van der Waals surface area contributed by atoms with E-state index in [2.05, 4.69) is 154 Å². The third-order valence-corrected chi connectivity index (χ3v) is 9.41. The van der Waals surface area contributed by atoms with Crippen LogP contribution in [-0.4, -0.2) is 9.13 Å². The lowest BCUT2D eigenvalue weighted by molar-refractivity contribution is 1.18. The molecule has 0 saturated heterocycles. The Balaban J connectivity index is 1.27. The van der Waals surface area contributed by atoms with Crippen LogP contribution in [0.3, 0.4) is 0 Å². The van der Waals surface area contributed by atoms with Crippen LogP contribution in [0.2, 0.25) is 0 Å². The van der Waals surface area contributed by atoms with Crippen molar-refractivity contribution in [2.45, 2.75) is 0 Å². The van der Waals surface area contributed by atoms with Crippen molar-refractivity contribution in [2.24, 2.45) is 0 Å². The number of para-hydroxylation sites is 5. The van der Waals surface area contributed by atoms with Crippen LogP contribution >= 0.6 is 0 Å². The first-order chi connectivity index (χ1) is 23.7. The van der Waals surface area contributed by atoms with Crippen molar-refractivity contribution in [1.29, 1.82) is 5.26 Å². The van der Waals surface area contributed by atoms with Gasteiger partial charge in [-0.05, 0) is 71.3 Å². The van der Waals surface area contributed by atoms with E-state index in [0.29, 0.717) is 11.3 Å². The van der Waals surface area contributed by atoms with E-state index in [1.54, 1.807) is 0 Å². The largest absolute Gasteiger partial charge is 0.309 e. The molecule has 9 rings (SSSR count). The Hall–Kier alpha value is -6.88. The zero-order valence-electron chi connectivity index (χ0n) is 25.8. The van der Waals surface area contributed by atoms with Gasteiger partial charge in [0.25, 0.3) is 0 Å². The monoisotopic (exact) mass is 610 g/mol. The Morgan fingerprint density at radius 3 is 1.56 bits per heavy atom. The van der Waals surface area contributed by atoms with Crippen molar-refractivity contribution in [3.05, 3.63) is 175 Å². The summed E-state index contributed by atoms with van der Waals surface area (Å²) in [4.78, 5) is 3.93. The summed E-state index contributed by atoms with van der Waals surface area (Å²) < 4.78 is 4.57. The van der Waals surface area contributed by atoms with Crippen molar-refractivity contribution in [3.8, 4) is 39.7 Å². The van der Waals surface area contributed by atoms with Crippen LogP contribution in [0.1, 0.15) is 5.56 Å². The highest BCUT2D eigenvalue weighted by Crippen LogP contribution is 2.41. The molecule has 48 heavy (non-hydrogen) atoms. The molecule has 0 aliphatic heterocycles. The van der Waals surface area contributed by atoms with Gasteiger partial charge in [-0.15, -0.1) is 0 Å². The molecule has 7 aromatic carbocycles. The normalized spacial score (nSPS) is 11.3. The van der Waals surface area contributed by atoms with Gasteiger partial charge < -0.3 is 9.13 Å². The van der Waals surface area contributed by atoms with Crippen LogP contribution in [0.4, 0.5) is 5.69 Å². The number of hydrogen-bond acceptors (Lipinski definition) is 1.